The van der Waals surface area contributed by atoms with Crippen molar-refractivity contribution in [1.29, 1.82) is 0 Å². The Kier molecular flexibility index (Phi) is 4.00. The standard InChI is InChI=1S/C19H15N3O3/c23-19(22-13-5-6-17-18(11-13)25-10-9-24-17)15-4-2-1-3-14(15)16-7-8-20-12-21-16/h1-8,11-12H,9-10H2,(H,22,23). The maximum atomic E-state index is 12.7. The molecule has 0 unspecified atom stereocenters. The van der Waals surface area contributed by atoms with Crippen LogP contribution in [0.4, 0.5) is 5.69 Å². The molecule has 0 fully saturated rings. The molecule has 1 amide bonds. The molecule has 4 rings (SSSR count). The second-order valence-electron chi connectivity index (χ2n) is 5.45. The summed E-state index contributed by atoms with van der Waals surface area (Å²) in [6.45, 7) is 1.03. The Bertz CT molecular complexity index is 913. The zero-order valence-electron chi connectivity index (χ0n) is 13.3. The van der Waals surface area contributed by atoms with Gasteiger partial charge in [0.1, 0.15) is 19.5 Å². The molecular formula is C19H15N3O3. The fraction of sp³-hybridized carbons (Fsp3) is 0.105. The highest BCUT2D eigenvalue weighted by Crippen LogP contribution is 2.33. The van der Waals surface area contributed by atoms with Crippen LogP contribution in [0.1, 0.15) is 10.4 Å². The summed E-state index contributed by atoms with van der Waals surface area (Å²) in [5.41, 5.74) is 2.63. The van der Waals surface area contributed by atoms with Gasteiger partial charge in [0, 0.05) is 29.1 Å². The number of ether oxygens (including phenoxy) is 2. The van der Waals surface area contributed by atoms with Gasteiger partial charge in [-0.25, -0.2) is 9.97 Å². The molecule has 1 aliphatic heterocycles. The van der Waals surface area contributed by atoms with E-state index in [4.69, 9.17) is 9.47 Å². The zero-order chi connectivity index (χ0) is 17.1. The van der Waals surface area contributed by atoms with Crippen LogP contribution in [0.3, 0.4) is 0 Å². The summed E-state index contributed by atoms with van der Waals surface area (Å²) in [6, 6.07) is 14.4. The first-order valence-corrected chi connectivity index (χ1v) is 7.88. The number of nitrogens with zero attached hydrogens (tertiary/aromatic N) is 2. The van der Waals surface area contributed by atoms with E-state index in [1.54, 1.807) is 36.5 Å². The minimum atomic E-state index is -0.217. The SMILES string of the molecule is O=C(Nc1ccc2c(c1)OCCO2)c1ccccc1-c1ccncn1. The van der Waals surface area contributed by atoms with E-state index >= 15 is 0 Å². The van der Waals surface area contributed by atoms with E-state index in [0.717, 1.165) is 5.56 Å². The highest BCUT2D eigenvalue weighted by Gasteiger charge is 2.16. The summed E-state index contributed by atoms with van der Waals surface area (Å²) in [4.78, 5) is 20.9. The van der Waals surface area contributed by atoms with Crippen molar-refractivity contribution in [2.75, 3.05) is 18.5 Å². The zero-order valence-corrected chi connectivity index (χ0v) is 13.3. The summed E-state index contributed by atoms with van der Waals surface area (Å²) in [5, 5.41) is 2.90. The number of carbonyl (C=O) groups excluding carboxylic acids is 1. The van der Waals surface area contributed by atoms with Crippen molar-refractivity contribution in [2.24, 2.45) is 0 Å². The molecule has 0 atom stereocenters. The largest absolute Gasteiger partial charge is 0.486 e. The molecule has 0 aliphatic carbocycles. The molecule has 0 radical (unpaired) electrons. The van der Waals surface area contributed by atoms with Crippen LogP contribution in [-0.2, 0) is 0 Å². The molecule has 6 heteroatoms. The lowest BCUT2D eigenvalue weighted by Crippen LogP contribution is -2.16. The Morgan fingerprint density at radius 1 is 1.00 bits per heavy atom. The Labute approximate surface area is 144 Å². The molecule has 0 saturated heterocycles. The van der Waals surface area contributed by atoms with Crippen LogP contribution in [0.25, 0.3) is 11.3 Å². The smallest absolute Gasteiger partial charge is 0.256 e. The number of hydrogen-bond acceptors (Lipinski definition) is 5. The number of anilines is 1. The van der Waals surface area contributed by atoms with Crippen molar-refractivity contribution in [3.8, 4) is 22.8 Å². The third kappa shape index (κ3) is 3.14. The minimum Gasteiger partial charge on any atom is -0.486 e. The average molecular weight is 333 g/mol. The number of nitrogens with one attached hydrogen (secondary N) is 1. The molecule has 0 saturated carbocycles. The maximum Gasteiger partial charge on any atom is 0.256 e. The minimum absolute atomic E-state index is 0.217. The van der Waals surface area contributed by atoms with Gasteiger partial charge in [0.05, 0.1) is 5.69 Å². The summed E-state index contributed by atoms with van der Waals surface area (Å²) in [5.74, 6) is 1.10. The van der Waals surface area contributed by atoms with E-state index in [1.807, 2.05) is 18.2 Å². The third-order valence-corrected chi connectivity index (χ3v) is 3.83. The number of carbonyl (C=O) groups is 1. The summed E-state index contributed by atoms with van der Waals surface area (Å²) >= 11 is 0. The molecule has 2 heterocycles. The van der Waals surface area contributed by atoms with Crippen molar-refractivity contribution < 1.29 is 14.3 Å². The van der Waals surface area contributed by atoms with Gasteiger partial charge < -0.3 is 14.8 Å². The monoisotopic (exact) mass is 333 g/mol. The Hall–Kier alpha value is -3.41. The van der Waals surface area contributed by atoms with Gasteiger partial charge in [-0.15, -0.1) is 0 Å². The normalized spacial score (nSPS) is 12.5. The van der Waals surface area contributed by atoms with Gasteiger partial charge in [-0.05, 0) is 24.3 Å². The number of amides is 1. The lowest BCUT2D eigenvalue weighted by molar-refractivity contribution is 0.102. The highest BCUT2D eigenvalue weighted by molar-refractivity contribution is 6.08. The first kappa shape index (κ1) is 15.1. The van der Waals surface area contributed by atoms with Gasteiger partial charge in [-0.3, -0.25) is 4.79 Å². The first-order chi connectivity index (χ1) is 12.3. The number of fused-ring (bicyclic) bond motifs is 1. The molecule has 25 heavy (non-hydrogen) atoms. The molecule has 2 aromatic carbocycles. The topological polar surface area (TPSA) is 73.3 Å². The van der Waals surface area contributed by atoms with E-state index in [0.29, 0.717) is 41.7 Å². The number of aromatic nitrogens is 2. The van der Waals surface area contributed by atoms with Crippen LogP contribution in [0, 0.1) is 0 Å². The molecule has 1 aliphatic rings. The molecule has 6 nitrogen and oxygen atoms in total. The van der Waals surface area contributed by atoms with Crippen LogP contribution in [0.5, 0.6) is 11.5 Å². The Morgan fingerprint density at radius 2 is 1.84 bits per heavy atom. The average Bonchev–Trinajstić information content (AvgIpc) is 2.68. The third-order valence-electron chi connectivity index (χ3n) is 3.83. The van der Waals surface area contributed by atoms with Gasteiger partial charge >= 0.3 is 0 Å². The summed E-state index contributed by atoms with van der Waals surface area (Å²) in [7, 11) is 0. The predicted octanol–water partition coefficient (Wildman–Crippen LogP) is 3.17. The quantitative estimate of drug-likeness (QED) is 0.797. The lowest BCUT2D eigenvalue weighted by atomic mass is 10.0. The molecular weight excluding hydrogens is 318 g/mol. The fourth-order valence-electron chi connectivity index (χ4n) is 2.67. The number of rotatable bonds is 3. The van der Waals surface area contributed by atoms with Gasteiger partial charge in [-0.1, -0.05) is 18.2 Å². The van der Waals surface area contributed by atoms with Crippen LogP contribution in [-0.4, -0.2) is 29.1 Å². The molecule has 0 bridgehead atoms. The van der Waals surface area contributed by atoms with E-state index in [1.165, 1.54) is 6.33 Å². The lowest BCUT2D eigenvalue weighted by Gasteiger charge is -2.19. The first-order valence-electron chi connectivity index (χ1n) is 7.88. The number of hydrogen-bond donors (Lipinski definition) is 1. The Balaban J connectivity index is 1.62. The van der Waals surface area contributed by atoms with Gasteiger partial charge in [0.25, 0.3) is 5.91 Å². The van der Waals surface area contributed by atoms with Crippen molar-refractivity contribution in [3.05, 3.63) is 66.6 Å². The van der Waals surface area contributed by atoms with Gasteiger partial charge in [-0.2, -0.15) is 0 Å². The highest BCUT2D eigenvalue weighted by atomic mass is 16.6. The van der Waals surface area contributed by atoms with Crippen LogP contribution < -0.4 is 14.8 Å². The molecule has 124 valence electrons. The molecule has 3 aromatic rings. The van der Waals surface area contributed by atoms with Crippen LogP contribution in [0.2, 0.25) is 0 Å². The fourth-order valence-corrected chi connectivity index (χ4v) is 2.67. The van der Waals surface area contributed by atoms with Crippen molar-refractivity contribution in [3.63, 3.8) is 0 Å². The molecule has 1 N–H and O–H groups in total. The predicted molar refractivity (Wildman–Crippen MR) is 92.9 cm³/mol. The van der Waals surface area contributed by atoms with Gasteiger partial charge in [0.15, 0.2) is 11.5 Å². The van der Waals surface area contributed by atoms with E-state index in [2.05, 4.69) is 15.3 Å². The van der Waals surface area contributed by atoms with Crippen molar-refractivity contribution in [1.82, 2.24) is 9.97 Å². The second-order valence-corrected chi connectivity index (χ2v) is 5.45. The second kappa shape index (κ2) is 6.60. The molecule has 1 aromatic heterocycles. The van der Waals surface area contributed by atoms with E-state index in [-0.39, 0.29) is 5.91 Å². The van der Waals surface area contributed by atoms with Crippen LogP contribution >= 0.6 is 0 Å². The van der Waals surface area contributed by atoms with Crippen LogP contribution in [0.15, 0.2) is 61.1 Å². The van der Waals surface area contributed by atoms with Crippen molar-refractivity contribution in [2.45, 2.75) is 0 Å². The van der Waals surface area contributed by atoms with E-state index < -0.39 is 0 Å². The maximum absolute atomic E-state index is 12.7. The van der Waals surface area contributed by atoms with Crippen molar-refractivity contribution >= 4 is 11.6 Å². The summed E-state index contributed by atoms with van der Waals surface area (Å²) < 4.78 is 11.0. The summed E-state index contributed by atoms with van der Waals surface area (Å²) in [6.07, 6.45) is 3.11. The molecule has 0 spiro atoms. The Morgan fingerprint density at radius 3 is 2.68 bits per heavy atom. The number of benzene rings is 2. The van der Waals surface area contributed by atoms with Gasteiger partial charge in [0.2, 0.25) is 0 Å². The van der Waals surface area contributed by atoms with E-state index in [9.17, 15) is 4.79 Å².